The summed E-state index contributed by atoms with van der Waals surface area (Å²) in [4.78, 5) is 37.9. The molecule has 4 aliphatic carbocycles. The molecule has 0 aromatic rings. The molecule has 4 fully saturated rings. The average Bonchev–Trinajstić information content (AvgIpc) is 3.54. The first kappa shape index (κ1) is 28.1. The van der Waals surface area contributed by atoms with Gasteiger partial charge in [-0.2, -0.15) is 0 Å². The second kappa shape index (κ2) is 8.49. The Balaban J connectivity index is 1.43. The van der Waals surface area contributed by atoms with Gasteiger partial charge >= 0.3 is 11.9 Å². The van der Waals surface area contributed by atoms with Gasteiger partial charge in [-0.1, -0.05) is 11.6 Å². The Labute approximate surface area is 234 Å². The first-order valence-electron chi connectivity index (χ1n) is 14.7. The molecule has 1 unspecified atom stereocenters. The molecule has 3 saturated carbocycles. The summed E-state index contributed by atoms with van der Waals surface area (Å²) >= 11 is 0. The highest BCUT2D eigenvalue weighted by atomic mass is 16.6. The van der Waals surface area contributed by atoms with E-state index in [1.807, 2.05) is 19.9 Å². The van der Waals surface area contributed by atoms with Crippen LogP contribution in [0.4, 0.5) is 0 Å². The molecule has 2 heterocycles. The van der Waals surface area contributed by atoms with Gasteiger partial charge in [0, 0.05) is 24.3 Å². The normalized spacial score (nSPS) is 48.8. The number of esters is 2. The molecule has 10 atom stereocenters. The van der Waals surface area contributed by atoms with Crippen LogP contribution in [0.5, 0.6) is 0 Å². The number of cyclic esters (lactones) is 1. The van der Waals surface area contributed by atoms with Crippen molar-refractivity contribution < 1.29 is 43.9 Å². The molecule has 6 aliphatic rings. The van der Waals surface area contributed by atoms with Gasteiger partial charge in [0.1, 0.15) is 22.9 Å². The lowest BCUT2D eigenvalue weighted by Crippen LogP contribution is -2.74. The first-order chi connectivity index (χ1) is 18.6. The minimum Gasteiger partial charge on any atom is -0.466 e. The predicted octanol–water partition coefficient (Wildman–Crippen LogP) is 2.69. The molecule has 0 radical (unpaired) electrons. The molecule has 40 heavy (non-hydrogen) atoms. The Morgan fingerprint density at radius 2 is 1.90 bits per heavy atom. The van der Waals surface area contributed by atoms with Crippen LogP contribution in [-0.4, -0.2) is 74.3 Å². The zero-order valence-corrected chi connectivity index (χ0v) is 24.1. The second-order valence-corrected chi connectivity index (χ2v) is 13.8. The lowest BCUT2D eigenvalue weighted by molar-refractivity contribution is -0.291. The maximum atomic E-state index is 13.5. The van der Waals surface area contributed by atoms with Crippen molar-refractivity contribution in [1.29, 1.82) is 0 Å². The molecular weight excluding hydrogens is 516 g/mol. The van der Waals surface area contributed by atoms with E-state index in [9.17, 15) is 29.7 Å². The maximum absolute atomic E-state index is 13.5. The van der Waals surface area contributed by atoms with E-state index in [0.717, 1.165) is 5.57 Å². The largest absolute Gasteiger partial charge is 0.466 e. The van der Waals surface area contributed by atoms with Crippen LogP contribution >= 0.6 is 0 Å². The van der Waals surface area contributed by atoms with Crippen LogP contribution in [0.25, 0.3) is 0 Å². The molecule has 0 bridgehead atoms. The Bertz CT molecular complexity index is 1240. The molecule has 3 N–H and O–H groups in total. The minimum absolute atomic E-state index is 0.0129. The Hall–Kier alpha value is -2.07. The lowest BCUT2D eigenvalue weighted by atomic mass is 9.41. The van der Waals surface area contributed by atoms with Gasteiger partial charge in [-0.15, -0.1) is 0 Å². The quantitative estimate of drug-likeness (QED) is 0.343. The third kappa shape index (κ3) is 3.15. The summed E-state index contributed by atoms with van der Waals surface area (Å²) in [5.41, 5.74) is -6.62. The molecule has 2 aliphatic heterocycles. The third-order valence-electron chi connectivity index (χ3n) is 12.6. The van der Waals surface area contributed by atoms with E-state index in [-0.39, 0.29) is 56.0 Å². The molecule has 220 valence electrons. The second-order valence-electron chi connectivity index (χ2n) is 13.8. The summed E-state index contributed by atoms with van der Waals surface area (Å²) < 4.78 is 17.3. The number of epoxide rings is 1. The zero-order valence-electron chi connectivity index (χ0n) is 24.1. The van der Waals surface area contributed by atoms with Crippen molar-refractivity contribution in [1.82, 2.24) is 0 Å². The predicted molar refractivity (Wildman–Crippen MR) is 142 cm³/mol. The molecule has 9 nitrogen and oxygen atoms in total. The van der Waals surface area contributed by atoms with E-state index < -0.39 is 51.3 Å². The summed E-state index contributed by atoms with van der Waals surface area (Å²) in [5, 5.41) is 37.8. The van der Waals surface area contributed by atoms with Crippen LogP contribution in [0.15, 0.2) is 23.3 Å². The standard InChI is InChI=1S/C31H42O9/c1-17-15-23(39-25(34)18(17)2)27(5,35)31(37)12-11-29(36)21-16-24-30(40-24)9-6-7-22(33)26(30,4)20(21)8-10-28(29,31)13-14-38-19(3)32/h6-7,20-21,23-24,35-37H,8-16H2,1-5H3/t20-,21+,23?,24+,26-,27-,28+,29+,30+,31+/m0/s1. The number of aliphatic hydroxyl groups is 3. The van der Waals surface area contributed by atoms with Gasteiger partial charge in [-0.05, 0) is 90.6 Å². The van der Waals surface area contributed by atoms with Crippen molar-refractivity contribution >= 4 is 17.7 Å². The van der Waals surface area contributed by atoms with Gasteiger partial charge in [0.2, 0.25) is 0 Å². The fraction of sp³-hybridized carbons (Fsp3) is 0.774. The third-order valence-corrected chi connectivity index (χ3v) is 12.6. The first-order valence-corrected chi connectivity index (χ1v) is 14.7. The van der Waals surface area contributed by atoms with Crippen LogP contribution in [-0.2, 0) is 28.6 Å². The van der Waals surface area contributed by atoms with Crippen LogP contribution in [0.1, 0.15) is 86.0 Å². The molecule has 6 rings (SSSR count). The van der Waals surface area contributed by atoms with Gasteiger partial charge in [0.15, 0.2) is 5.78 Å². The van der Waals surface area contributed by atoms with Gasteiger partial charge in [0.25, 0.3) is 0 Å². The summed E-state index contributed by atoms with van der Waals surface area (Å²) in [7, 11) is 0. The van der Waals surface area contributed by atoms with E-state index in [4.69, 9.17) is 14.2 Å². The highest BCUT2D eigenvalue weighted by Gasteiger charge is 2.83. The fourth-order valence-electron chi connectivity index (χ4n) is 10.0. The topological polar surface area (TPSA) is 143 Å². The molecule has 9 heteroatoms. The molecular formula is C31H42O9. The smallest absolute Gasteiger partial charge is 0.334 e. The Morgan fingerprint density at radius 1 is 1.18 bits per heavy atom. The minimum atomic E-state index is -1.92. The number of fused-ring (bicyclic) bond motifs is 4. The molecule has 0 amide bonds. The number of allylic oxidation sites excluding steroid dienone is 1. The van der Waals surface area contributed by atoms with Crippen molar-refractivity contribution in [2.45, 2.75) is 121 Å². The van der Waals surface area contributed by atoms with E-state index in [0.29, 0.717) is 31.3 Å². The number of hydrogen-bond donors (Lipinski definition) is 3. The fourth-order valence-corrected chi connectivity index (χ4v) is 10.0. The van der Waals surface area contributed by atoms with Crippen molar-refractivity contribution in [3.63, 3.8) is 0 Å². The number of carbonyl (C=O) groups excluding carboxylic acids is 3. The molecule has 0 aromatic heterocycles. The zero-order chi connectivity index (χ0) is 29.1. The number of ether oxygens (including phenoxy) is 3. The van der Waals surface area contributed by atoms with Gasteiger partial charge in [-0.3, -0.25) is 9.59 Å². The van der Waals surface area contributed by atoms with Crippen LogP contribution in [0, 0.1) is 22.7 Å². The Morgan fingerprint density at radius 3 is 2.58 bits per heavy atom. The number of ketones is 1. The van der Waals surface area contributed by atoms with Crippen molar-refractivity contribution in [2.75, 3.05) is 6.61 Å². The monoisotopic (exact) mass is 558 g/mol. The number of hydrogen-bond acceptors (Lipinski definition) is 9. The number of carbonyl (C=O) groups is 3. The van der Waals surface area contributed by atoms with Gasteiger partial charge in [-0.25, -0.2) is 4.79 Å². The van der Waals surface area contributed by atoms with Crippen LogP contribution in [0.2, 0.25) is 0 Å². The average molecular weight is 559 g/mol. The number of rotatable bonds is 5. The highest BCUT2D eigenvalue weighted by Crippen LogP contribution is 2.75. The Kier molecular flexibility index (Phi) is 5.96. The summed E-state index contributed by atoms with van der Waals surface area (Å²) in [6, 6.07) is 0. The highest BCUT2D eigenvalue weighted by molar-refractivity contribution is 5.97. The van der Waals surface area contributed by atoms with Crippen LogP contribution in [0.3, 0.4) is 0 Å². The molecule has 0 aromatic carbocycles. The summed E-state index contributed by atoms with van der Waals surface area (Å²) in [6.07, 6.45) is 5.02. The summed E-state index contributed by atoms with van der Waals surface area (Å²) in [6.45, 7) is 8.23. The van der Waals surface area contributed by atoms with Crippen LogP contribution < -0.4 is 0 Å². The molecule has 1 spiro atoms. The maximum Gasteiger partial charge on any atom is 0.334 e. The van der Waals surface area contributed by atoms with E-state index in [1.54, 1.807) is 13.0 Å². The molecule has 1 saturated heterocycles. The van der Waals surface area contributed by atoms with E-state index >= 15 is 0 Å². The van der Waals surface area contributed by atoms with Crippen molar-refractivity contribution in [2.24, 2.45) is 22.7 Å². The van der Waals surface area contributed by atoms with E-state index in [1.165, 1.54) is 13.8 Å². The van der Waals surface area contributed by atoms with Gasteiger partial charge < -0.3 is 29.5 Å². The SMILES string of the molecule is CC(=O)OCC[C@]12CC[C@H]3[C@@H](C[C@H]4O[C@]45CC=CC(=O)[C@]35C)[C@]1(O)CC[C@@]2(O)[C@@](C)(O)C1CC(C)=C(C)C(=O)O1. The lowest BCUT2D eigenvalue weighted by Gasteiger charge is -2.64. The van der Waals surface area contributed by atoms with E-state index in [2.05, 4.69) is 0 Å². The van der Waals surface area contributed by atoms with Gasteiger partial charge in [0.05, 0.1) is 23.7 Å². The van der Waals surface area contributed by atoms with Crippen molar-refractivity contribution in [3.8, 4) is 0 Å². The summed E-state index contributed by atoms with van der Waals surface area (Å²) in [5.74, 6) is -1.54. The van der Waals surface area contributed by atoms with Crippen molar-refractivity contribution in [3.05, 3.63) is 23.3 Å².